The molecular weight excluding hydrogens is 574 g/mol. The van der Waals surface area contributed by atoms with Crippen molar-refractivity contribution in [2.45, 2.75) is 19.3 Å². The summed E-state index contributed by atoms with van der Waals surface area (Å²) in [6.07, 6.45) is 0. The molecule has 3 heterocycles. The molecule has 3 aromatic heterocycles. The van der Waals surface area contributed by atoms with Crippen molar-refractivity contribution in [3.8, 4) is 39.7 Å². The first kappa shape index (κ1) is 26.2. The summed E-state index contributed by atoms with van der Waals surface area (Å²) in [7, 11) is 0. The molecule has 0 saturated carbocycles. The Bertz CT molecular complexity index is 2710. The maximum Gasteiger partial charge on any atom is 0.160 e. The molecule has 0 radical (unpaired) electrons. The summed E-state index contributed by atoms with van der Waals surface area (Å²) in [6.45, 7) is 4.62. The topological polar surface area (TPSA) is 43.9 Å². The molecule has 10 rings (SSSR count). The number of hydrogen-bond donors (Lipinski definition) is 0. The van der Waals surface area contributed by atoms with E-state index in [9.17, 15) is 0 Å². The molecule has 0 fully saturated rings. The van der Waals surface area contributed by atoms with Crippen molar-refractivity contribution in [3.63, 3.8) is 0 Å². The van der Waals surface area contributed by atoms with Crippen molar-refractivity contribution in [1.29, 1.82) is 0 Å². The normalized spacial score (nSPS) is 13.5. The molecule has 0 atom stereocenters. The molecule has 0 bridgehead atoms. The summed E-state index contributed by atoms with van der Waals surface area (Å²) in [6, 6.07) is 49.0. The van der Waals surface area contributed by atoms with Crippen LogP contribution in [0.3, 0.4) is 0 Å². The molecule has 9 aromatic rings. The molecule has 0 aliphatic heterocycles. The van der Waals surface area contributed by atoms with Gasteiger partial charge in [0.05, 0.1) is 22.2 Å². The quantitative estimate of drug-likeness (QED) is 0.202. The second kappa shape index (κ2) is 9.51. The number of hydrogen-bond acceptors (Lipinski definition) is 3. The molecule has 0 unspecified atom stereocenters. The summed E-state index contributed by atoms with van der Waals surface area (Å²) in [4.78, 5) is 10.2. The molecule has 6 aromatic carbocycles. The number of benzene rings is 6. The Morgan fingerprint density at radius 1 is 0.596 bits per heavy atom. The third-order valence-electron chi connectivity index (χ3n) is 9.97. The van der Waals surface area contributed by atoms with E-state index in [1.165, 1.54) is 32.8 Å². The molecule has 4 heteroatoms. The lowest BCUT2D eigenvalue weighted by atomic mass is 9.81. The fourth-order valence-electron chi connectivity index (χ4n) is 7.85. The fourth-order valence-corrected chi connectivity index (χ4v) is 7.85. The van der Waals surface area contributed by atoms with Gasteiger partial charge in [0.25, 0.3) is 0 Å². The van der Waals surface area contributed by atoms with Gasteiger partial charge in [0.1, 0.15) is 5.76 Å². The van der Waals surface area contributed by atoms with E-state index in [-0.39, 0.29) is 5.41 Å². The Labute approximate surface area is 271 Å². The number of para-hydroxylation sites is 2. The van der Waals surface area contributed by atoms with Gasteiger partial charge < -0.3 is 8.98 Å². The molecule has 0 saturated heterocycles. The number of fused-ring (bicyclic) bond motifs is 10. The van der Waals surface area contributed by atoms with E-state index >= 15 is 0 Å². The highest BCUT2D eigenvalue weighted by Gasteiger charge is 2.40. The summed E-state index contributed by atoms with van der Waals surface area (Å²) < 4.78 is 9.31. The molecule has 222 valence electrons. The lowest BCUT2D eigenvalue weighted by molar-refractivity contribution is 0.621. The van der Waals surface area contributed by atoms with Crippen LogP contribution in [0.4, 0.5) is 0 Å². The maximum absolute atomic E-state index is 6.96. The van der Waals surface area contributed by atoms with Gasteiger partial charge in [-0.1, -0.05) is 129 Å². The molecule has 47 heavy (non-hydrogen) atoms. The molecule has 0 spiro atoms. The second-order valence-corrected chi connectivity index (χ2v) is 13.0. The van der Waals surface area contributed by atoms with Crippen LogP contribution >= 0.6 is 0 Å². The van der Waals surface area contributed by atoms with Gasteiger partial charge in [-0.3, -0.25) is 0 Å². The SMILES string of the molecule is CC1(C)c2ccccc2-c2oc3c(ccc4c5ccccc5n(-c5cccc(-c6nc(-c7ccccc7)c7ccccc7n6)c5)c43)c21. The molecular formula is C43H29N3O. The summed E-state index contributed by atoms with van der Waals surface area (Å²) in [5.74, 6) is 1.68. The van der Waals surface area contributed by atoms with Crippen LogP contribution in [0.1, 0.15) is 25.0 Å². The van der Waals surface area contributed by atoms with Crippen molar-refractivity contribution >= 4 is 43.7 Å². The van der Waals surface area contributed by atoms with Crippen molar-refractivity contribution in [2.75, 3.05) is 0 Å². The van der Waals surface area contributed by atoms with Crippen LogP contribution in [-0.2, 0) is 5.41 Å². The zero-order chi connectivity index (χ0) is 31.3. The van der Waals surface area contributed by atoms with E-state index in [1.807, 2.05) is 18.2 Å². The predicted octanol–water partition coefficient (Wildman–Crippen LogP) is 11.1. The van der Waals surface area contributed by atoms with Crippen LogP contribution in [0, 0.1) is 0 Å². The first-order valence-corrected chi connectivity index (χ1v) is 16.1. The van der Waals surface area contributed by atoms with Gasteiger partial charge >= 0.3 is 0 Å². The highest BCUT2D eigenvalue weighted by Crippen LogP contribution is 2.54. The van der Waals surface area contributed by atoms with Crippen molar-refractivity contribution < 1.29 is 4.42 Å². The van der Waals surface area contributed by atoms with E-state index < -0.39 is 0 Å². The number of aromatic nitrogens is 3. The Morgan fingerprint density at radius 3 is 2.21 bits per heavy atom. The summed E-state index contributed by atoms with van der Waals surface area (Å²) in [5.41, 5.74) is 11.7. The van der Waals surface area contributed by atoms with Crippen molar-refractivity contribution in [1.82, 2.24) is 14.5 Å². The van der Waals surface area contributed by atoms with E-state index in [2.05, 4.69) is 140 Å². The van der Waals surface area contributed by atoms with Gasteiger partial charge in [-0.05, 0) is 29.8 Å². The zero-order valence-corrected chi connectivity index (χ0v) is 26.0. The molecule has 4 nitrogen and oxygen atoms in total. The van der Waals surface area contributed by atoms with Gasteiger partial charge in [-0.2, -0.15) is 0 Å². The lowest BCUT2D eigenvalue weighted by Crippen LogP contribution is -2.14. The van der Waals surface area contributed by atoms with Crippen LogP contribution in [0.2, 0.25) is 0 Å². The predicted molar refractivity (Wildman–Crippen MR) is 192 cm³/mol. The second-order valence-electron chi connectivity index (χ2n) is 13.0. The van der Waals surface area contributed by atoms with Crippen molar-refractivity contribution in [3.05, 3.63) is 151 Å². The number of nitrogens with zero attached hydrogens (tertiary/aromatic N) is 3. The maximum atomic E-state index is 6.96. The Kier molecular flexibility index (Phi) is 5.31. The summed E-state index contributed by atoms with van der Waals surface area (Å²) in [5, 5.41) is 4.57. The number of rotatable bonds is 3. The van der Waals surface area contributed by atoms with Crippen LogP contribution < -0.4 is 0 Å². The smallest absolute Gasteiger partial charge is 0.160 e. The minimum Gasteiger partial charge on any atom is -0.453 e. The fraction of sp³-hybridized carbons (Fsp3) is 0.0698. The van der Waals surface area contributed by atoms with Gasteiger partial charge in [-0.25, -0.2) is 9.97 Å². The average Bonchev–Trinajstić information content (AvgIpc) is 3.75. The molecule has 1 aliphatic carbocycles. The number of furan rings is 1. The minimum atomic E-state index is -0.161. The van der Waals surface area contributed by atoms with Gasteiger partial charge in [0, 0.05) is 54.9 Å². The van der Waals surface area contributed by atoms with Crippen LogP contribution in [0.25, 0.3) is 83.3 Å². The highest BCUT2D eigenvalue weighted by atomic mass is 16.3. The van der Waals surface area contributed by atoms with Gasteiger partial charge in [0.15, 0.2) is 11.4 Å². The van der Waals surface area contributed by atoms with Crippen LogP contribution in [-0.4, -0.2) is 14.5 Å². The monoisotopic (exact) mass is 603 g/mol. The summed E-state index contributed by atoms with van der Waals surface area (Å²) >= 11 is 0. The first-order valence-electron chi connectivity index (χ1n) is 16.1. The third-order valence-corrected chi connectivity index (χ3v) is 9.97. The standard InChI is InChI=1S/C43H29N3O/c1-43(2)34-20-9-6-18-31(34)40-37(43)33-24-23-30-29-17-8-11-22-36(29)46(39(30)41(33)47-40)28-16-12-15-27(25-28)42-44-35-21-10-7-19-32(35)38(45-42)26-13-4-3-5-14-26/h3-25H,1-2H3. The Hall–Kier alpha value is -6.00. The molecule has 1 aliphatic rings. The molecule has 0 amide bonds. The Balaban J connectivity index is 1.24. The third kappa shape index (κ3) is 3.64. The van der Waals surface area contributed by atoms with Gasteiger partial charge in [-0.15, -0.1) is 0 Å². The van der Waals surface area contributed by atoms with E-state index in [0.29, 0.717) is 5.82 Å². The van der Waals surface area contributed by atoms with Crippen LogP contribution in [0.15, 0.2) is 144 Å². The zero-order valence-electron chi connectivity index (χ0n) is 26.0. The van der Waals surface area contributed by atoms with Gasteiger partial charge in [0.2, 0.25) is 0 Å². The average molecular weight is 604 g/mol. The first-order chi connectivity index (χ1) is 23.1. The van der Waals surface area contributed by atoms with E-state index in [4.69, 9.17) is 14.4 Å². The lowest BCUT2D eigenvalue weighted by Gasteiger charge is -2.20. The minimum absolute atomic E-state index is 0.161. The van der Waals surface area contributed by atoms with Crippen LogP contribution in [0.5, 0.6) is 0 Å². The molecule has 0 N–H and O–H groups in total. The highest BCUT2D eigenvalue weighted by molar-refractivity contribution is 6.18. The van der Waals surface area contributed by atoms with E-state index in [0.717, 1.165) is 55.8 Å². The largest absolute Gasteiger partial charge is 0.453 e. The van der Waals surface area contributed by atoms with Crippen molar-refractivity contribution in [2.24, 2.45) is 0 Å². The Morgan fingerprint density at radius 2 is 1.32 bits per heavy atom. The van der Waals surface area contributed by atoms with E-state index in [1.54, 1.807) is 0 Å².